The van der Waals surface area contributed by atoms with Crippen LogP contribution in [0.3, 0.4) is 0 Å². The Morgan fingerprint density at radius 1 is 1.14 bits per heavy atom. The van der Waals surface area contributed by atoms with E-state index in [-0.39, 0.29) is 40.1 Å². The number of nitro groups is 1. The maximum Gasteiger partial charge on any atom is 2.00 e. The molecule has 0 saturated carbocycles. The second kappa shape index (κ2) is 13.0. The maximum atomic E-state index is 12.0. The molecule has 0 aromatic heterocycles. The first-order chi connectivity index (χ1) is 16.3. The van der Waals surface area contributed by atoms with Crippen LogP contribution in [0.5, 0.6) is 5.75 Å². The van der Waals surface area contributed by atoms with Crippen LogP contribution in [0.4, 0.5) is 11.4 Å². The number of hydrogen-bond acceptors (Lipinski definition) is 8. The van der Waals surface area contributed by atoms with Gasteiger partial charge in [-0.15, -0.1) is 0 Å². The molecule has 1 aliphatic rings. The minimum absolute atomic E-state index is 0. The van der Waals surface area contributed by atoms with Gasteiger partial charge in [0.05, 0.1) is 22.2 Å². The number of carbonyl (C=O) groups is 1. The van der Waals surface area contributed by atoms with Crippen molar-refractivity contribution < 1.29 is 41.7 Å². The van der Waals surface area contributed by atoms with Gasteiger partial charge in [-0.05, 0) is 36.6 Å². The largest absolute Gasteiger partial charge is 2.00 e. The number of para-hydroxylation sites is 1. The molecule has 1 radical (unpaired) electrons. The molecule has 3 aromatic rings. The van der Waals surface area contributed by atoms with Crippen molar-refractivity contribution in [1.29, 1.82) is 0 Å². The van der Waals surface area contributed by atoms with E-state index in [1.54, 1.807) is 6.07 Å². The molecule has 0 saturated heterocycles. The van der Waals surface area contributed by atoms with Crippen molar-refractivity contribution in [1.82, 2.24) is 0 Å². The van der Waals surface area contributed by atoms with Gasteiger partial charge in [0.1, 0.15) is 6.61 Å². The quantitative estimate of drug-likeness (QED) is 0.211. The van der Waals surface area contributed by atoms with Crippen LogP contribution in [0.2, 0.25) is 0 Å². The smallest absolute Gasteiger partial charge is 0.872 e. The van der Waals surface area contributed by atoms with Crippen molar-refractivity contribution in [3.05, 3.63) is 99.6 Å². The summed E-state index contributed by atoms with van der Waals surface area (Å²) in [5.41, 5.74) is 2.47. The molecule has 0 spiro atoms. The molecule has 35 heavy (non-hydrogen) atoms. The molecular formula is C25H21CuN3O6. The molecule has 1 aliphatic heterocycles. The third-order valence-corrected chi connectivity index (χ3v) is 4.71. The molecule has 0 aliphatic carbocycles. The van der Waals surface area contributed by atoms with Gasteiger partial charge in [-0.1, -0.05) is 54.3 Å². The summed E-state index contributed by atoms with van der Waals surface area (Å²) < 4.78 is 5.82. The van der Waals surface area contributed by atoms with Crippen LogP contribution in [-0.2, 0) is 33.0 Å². The van der Waals surface area contributed by atoms with Gasteiger partial charge in [0.2, 0.25) is 5.90 Å². The molecule has 0 fully saturated rings. The first-order valence-electron chi connectivity index (χ1n) is 10.3. The third kappa shape index (κ3) is 8.06. The summed E-state index contributed by atoms with van der Waals surface area (Å²) >= 11 is 0. The molecule has 0 N–H and O–H groups in total. The zero-order chi connectivity index (χ0) is 24.5. The number of carboxylic acid groups (broad SMARTS) is 1. The van der Waals surface area contributed by atoms with Crippen molar-refractivity contribution in [2.45, 2.75) is 19.4 Å². The van der Waals surface area contributed by atoms with E-state index in [9.17, 15) is 15.2 Å². The van der Waals surface area contributed by atoms with Gasteiger partial charge in [-0.2, -0.15) is 0 Å². The predicted molar refractivity (Wildman–Crippen MR) is 123 cm³/mol. The van der Waals surface area contributed by atoms with Gasteiger partial charge >= 0.3 is 17.1 Å². The van der Waals surface area contributed by atoms with Gasteiger partial charge in [0, 0.05) is 24.3 Å². The van der Waals surface area contributed by atoms with Gasteiger partial charge < -0.3 is 19.7 Å². The molecule has 3 aromatic carbocycles. The van der Waals surface area contributed by atoms with Crippen LogP contribution in [0.15, 0.2) is 82.8 Å². The zero-order valence-electron chi connectivity index (χ0n) is 18.6. The molecule has 10 heteroatoms. The topological polar surface area (TPSA) is 140 Å². The van der Waals surface area contributed by atoms with Crippen LogP contribution >= 0.6 is 0 Å². The normalized spacial score (nSPS) is 14.2. The number of non-ortho nitro benzene ring substituents is 1. The van der Waals surface area contributed by atoms with Crippen LogP contribution in [0.25, 0.3) is 0 Å². The molecule has 0 amide bonds. The number of nitrogens with zero attached hydrogens (tertiary/aromatic N) is 3. The summed E-state index contributed by atoms with van der Waals surface area (Å²) in [6.45, 7) is 1.46. The first-order valence-corrected chi connectivity index (χ1v) is 10.3. The van der Waals surface area contributed by atoms with E-state index < -0.39 is 10.9 Å². The molecule has 0 unspecified atom stereocenters. The Morgan fingerprint density at radius 3 is 2.49 bits per heavy atom. The fraction of sp³-hybridized carbons (Fsp3) is 0.160. The van der Waals surface area contributed by atoms with Gasteiger partial charge in [-0.25, -0.2) is 4.99 Å². The van der Waals surface area contributed by atoms with Gasteiger partial charge in [-0.3, -0.25) is 15.1 Å². The minimum atomic E-state index is -1.08. The number of carboxylic acids is 1. The molecule has 1 atom stereocenters. The first kappa shape index (κ1) is 27.2. The second-order valence-corrected chi connectivity index (χ2v) is 7.33. The van der Waals surface area contributed by atoms with Crippen LogP contribution in [-0.4, -0.2) is 35.7 Å². The SMILES string of the molecule is CC(=O)[O-].O=[N+]([O-])c1ccc([O-])c(C=Nc2ccccc2C2=N[C@@H](Cc3ccccc3)CO2)c1.[Cu+2]. The van der Waals surface area contributed by atoms with E-state index in [1.165, 1.54) is 30.0 Å². The van der Waals surface area contributed by atoms with E-state index in [0.717, 1.165) is 13.3 Å². The van der Waals surface area contributed by atoms with Crippen LogP contribution in [0.1, 0.15) is 23.6 Å². The maximum absolute atomic E-state index is 12.0. The number of hydrogen-bond donors (Lipinski definition) is 0. The number of aliphatic carboxylic acids is 1. The molecule has 1 heterocycles. The number of ether oxygens (including phenoxy) is 1. The Balaban J connectivity index is 0.000000804. The molecule has 0 bridgehead atoms. The van der Waals surface area contributed by atoms with E-state index >= 15 is 0 Å². The van der Waals surface area contributed by atoms with E-state index in [2.05, 4.69) is 17.1 Å². The van der Waals surface area contributed by atoms with Crippen molar-refractivity contribution in [3.63, 3.8) is 0 Å². The van der Waals surface area contributed by atoms with Crippen molar-refractivity contribution in [2.24, 2.45) is 9.98 Å². The fourth-order valence-electron chi connectivity index (χ4n) is 3.21. The minimum Gasteiger partial charge on any atom is -0.872 e. The van der Waals surface area contributed by atoms with Crippen molar-refractivity contribution in [2.75, 3.05) is 6.61 Å². The molecule has 4 rings (SSSR count). The summed E-state index contributed by atoms with van der Waals surface area (Å²) in [6, 6.07) is 21.0. The van der Waals surface area contributed by atoms with Crippen LogP contribution in [0, 0.1) is 10.1 Å². The van der Waals surface area contributed by atoms with Gasteiger partial charge in [0.15, 0.2) is 0 Å². The predicted octanol–water partition coefficient (Wildman–Crippen LogP) is 2.56. The average molecular weight is 523 g/mol. The Morgan fingerprint density at radius 2 is 1.80 bits per heavy atom. The van der Waals surface area contributed by atoms with Crippen molar-refractivity contribution in [3.8, 4) is 5.75 Å². The summed E-state index contributed by atoms with van der Waals surface area (Å²) in [4.78, 5) is 28.4. The zero-order valence-corrected chi connectivity index (χ0v) is 19.5. The second-order valence-electron chi connectivity index (χ2n) is 7.33. The number of aliphatic imine (C=N–C) groups is 2. The number of benzene rings is 3. The van der Waals surface area contributed by atoms with E-state index in [4.69, 9.17) is 19.6 Å². The van der Waals surface area contributed by atoms with Crippen LogP contribution < -0.4 is 10.2 Å². The fourth-order valence-corrected chi connectivity index (χ4v) is 3.21. The summed E-state index contributed by atoms with van der Waals surface area (Å²) in [7, 11) is 0. The Bertz CT molecular complexity index is 1230. The third-order valence-electron chi connectivity index (χ3n) is 4.71. The summed E-state index contributed by atoms with van der Waals surface area (Å²) in [5, 5.41) is 31.9. The Hall–Kier alpha value is -4.01. The summed E-state index contributed by atoms with van der Waals surface area (Å²) in [5.74, 6) is -0.913. The molecular weight excluding hydrogens is 502 g/mol. The van der Waals surface area contributed by atoms with E-state index in [1.807, 2.05) is 36.4 Å². The number of nitro benzene ring substituents is 1. The Kier molecular flexibility index (Phi) is 10.1. The standard InChI is InChI=1S/C23H19N3O4.C2H4O2.Cu/c27-22-11-10-19(26(28)29)13-17(22)14-24-21-9-5-4-8-20(21)23-25-18(15-30-23)12-16-6-2-1-3-7-16;1-2(3)4;/h1-11,13-14,18,27H,12,15H2;1H3,(H,3,4);/q;;+2/p-2/t18-;;/m0../s1. The van der Waals surface area contributed by atoms with Crippen molar-refractivity contribution >= 4 is 29.5 Å². The molecule has 9 nitrogen and oxygen atoms in total. The number of carbonyl (C=O) groups excluding carboxylic acids is 1. The monoisotopic (exact) mass is 522 g/mol. The molecule has 183 valence electrons. The number of rotatable bonds is 6. The summed E-state index contributed by atoms with van der Waals surface area (Å²) in [6.07, 6.45) is 2.12. The average Bonchev–Trinajstić information content (AvgIpc) is 3.27. The van der Waals surface area contributed by atoms with Gasteiger partial charge in [0.25, 0.3) is 5.69 Å². The Labute approximate surface area is 212 Å². The van der Waals surface area contributed by atoms with E-state index in [0.29, 0.717) is 23.8 Å².